The summed E-state index contributed by atoms with van der Waals surface area (Å²) in [5, 5.41) is 3.72. The van der Waals surface area contributed by atoms with Crippen LogP contribution in [0.4, 0.5) is 4.39 Å². The summed E-state index contributed by atoms with van der Waals surface area (Å²) in [5.41, 5.74) is 2.00. The molecule has 0 aliphatic rings. The Hall–Kier alpha value is -2.97. The van der Waals surface area contributed by atoms with Gasteiger partial charge in [0.1, 0.15) is 10.6 Å². The number of rotatable bonds is 6. The highest BCUT2D eigenvalue weighted by atomic mass is 32.2. The number of hydrogen-bond acceptors (Lipinski definition) is 5. The summed E-state index contributed by atoms with van der Waals surface area (Å²) in [6.07, 6.45) is 0. The van der Waals surface area contributed by atoms with Crippen molar-refractivity contribution in [3.8, 4) is 16.8 Å². The number of aryl methyl sites for hydroxylation is 1. The van der Waals surface area contributed by atoms with E-state index in [1.165, 1.54) is 35.2 Å². The number of nitrogens with one attached hydrogen (secondary N) is 1. The minimum atomic E-state index is -0.329. The van der Waals surface area contributed by atoms with Crippen LogP contribution in [0.3, 0.4) is 0 Å². The topological polar surface area (TPSA) is 64.0 Å². The Kier molecular flexibility index (Phi) is 6.20. The molecule has 0 atom stereocenters. The van der Waals surface area contributed by atoms with Gasteiger partial charge in [0.25, 0.3) is 5.56 Å². The number of aromatic nitrogens is 2. The zero-order valence-electron chi connectivity index (χ0n) is 17.0. The first-order valence-electron chi connectivity index (χ1n) is 9.76. The molecule has 0 aliphatic heterocycles. The number of amides is 1. The lowest BCUT2D eigenvalue weighted by atomic mass is 10.0. The summed E-state index contributed by atoms with van der Waals surface area (Å²) >= 11 is 2.65. The van der Waals surface area contributed by atoms with E-state index in [-0.39, 0.29) is 23.0 Å². The smallest absolute Gasteiger partial charge is 0.268 e. The molecule has 31 heavy (non-hydrogen) atoms. The van der Waals surface area contributed by atoms with Crippen molar-refractivity contribution in [2.75, 3.05) is 12.3 Å². The Morgan fingerprint density at radius 3 is 2.55 bits per heavy atom. The molecule has 158 valence electrons. The quantitative estimate of drug-likeness (QED) is 0.337. The Labute approximate surface area is 187 Å². The minimum absolute atomic E-state index is 0.115. The Balaban J connectivity index is 1.93. The molecule has 2 aromatic heterocycles. The first-order chi connectivity index (χ1) is 15.0. The van der Waals surface area contributed by atoms with Crippen LogP contribution in [0.25, 0.3) is 27.0 Å². The molecule has 2 aromatic carbocycles. The predicted molar refractivity (Wildman–Crippen MR) is 125 cm³/mol. The highest BCUT2D eigenvalue weighted by molar-refractivity contribution is 7.99. The van der Waals surface area contributed by atoms with Crippen LogP contribution in [0.2, 0.25) is 0 Å². The number of thioether (sulfide) groups is 1. The standard InChI is InChI=1S/C23H20FN3O2S2/c1-3-25-18(28)13-30-23-26-21-20(22(29)27(23)17-7-5-4-6-8-17)19(14(2)31-21)15-9-11-16(24)12-10-15/h4-12H,3,13H2,1-2H3,(H,25,28). The van der Waals surface area contributed by atoms with Crippen LogP contribution in [0.15, 0.2) is 64.5 Å². The molecular weight excluding hydrogens is 433 g/mol. The molecule has 0 saturated heterocycles. The molecule has 4 aromatic rings. The summed E-state index contributed by atoms with van der Waals surface area (Å²) in [4.78, 5) is 32.0. The van der Waals surface area contributed by atoms with Gasteiger partial charge in [0.05, 0.1) is 16.8 Å². The van der Waals surface area contributed by atoms with E-state index in [0.717, 1.165) is 16.0 Å². The average molecular weight is 454 g/mol. The van der Waals surface area contributed by atoms with Gasteiger partial charge in [-0.15, -0.1) is 11.3 Å². The fourth-order valence-corrected chi connectivity index (χ4v) is 5.32. The summed E-state index contributed by atoms with van der Waals surface area (Å²) in [6.45, 7) is 4.33. The van der Waals surface area contributed by atoms with Crippen molar-refractivity contribution in [3.05, 3.63) is 75.6 Å². The van der Waals surface area contributed by atoms with Crippen LogP contribution in [-0.2, 0) is 4.79 Å². The Morgan fingerprint density at radius 1 is 1.16 bits per heavy atom. The lowest BCUT2D eigenvalue weighted by Crippen LogP contribution is -2.26. The number of carbonyl (C=O) groups excluding carboxylic acids is 1. The van der Waals surface area contributed by atoms with Crippen molar-refractivity contribution >= 4 is 39.2 Å². The monoisotopic (exact) mass is 453 g/mol. The van der Waals surface area contributed by atoms with Gasteiger partial charge in [0.2, 0.25) is 5.91 Å². The fourth-order valence-electron chi connectivity index (χ4n) is 3.39. The van der Waals surface area contributed by atoms with E-state index in [0.29, 0.717) is 27.6 Å². The number of benzene rings is 2. The van der Waals surface area contributed by atoms with E-state index in [1.54, 1.807) is 16.7 Å². The highest BCUT2D eigenvalue weighted by Gasteiger charge is 2.21. The number of carbonyl (C=O) groups is 1. The van der Waals surface area contributed by atoms with E-state index in [4.69, 9.17) is 4.98 Å². The summed E-state index contributed by atoms with van der Waals surface area (Å²) in [6, 6.07) is 15.4. The molecule has 0 bridgehead atoms. The van der Waals surface area contributed by atoms with Crippen molar-refractivity contribution in [2.45, 2.75) is 19.0 Å². The zero-order valence-corrected chi connectivity index (χ0v) is 18.6. The lowest BCUT2D eigenvalue weighted by Gasteiger charge is -2.12. The second kappa shape index (κ2) is 9.03. The third-order valence-electron chi connectivity index (χ3n) is 4.72. The van der Waals surface area contributed by atoms with Crippen LogP contribution in [0, 0.1) is 12.7 Å². The second-order valence-corrected chi connectivity index (χ2v) is 8.98. The van der Waals surface area contributed by atoms with E-state index in [9.17, 15) is 14.0 Å². The molecule has 0 aliphatic carbocycles. The molecule has 2 heterocycles. The van der Waals surface area contributed by atoms with Crippen molar-refractivity contribution < 1.29 is 9.18 Å². The van der Waals surface area contributed by atoms with E-state index in [1.807, 2.05) is 44.2 Å². The van der Waals surface area contributed by atoms with Gasteiger partial charge in [-0.1, -0.05) is 42.1 Å². The molecule has 0 saturated carbocycles. The molecule has 0 unspecified atom stereocenters. The summed E-state index contributed by atoms with van der Waals surface area (Å²) in [7, 11) is 0. The lowest BCUT2D eigenvalue weighted by molar-refractivity contribution is -0.118. The van der Waals surface area contributed by atoms with Gasteiger partial charge in [-0.25, -0.2) is 9.37 Å². The van der Waals surface area contributed by atoms with Crippen LogP contribution in [0.1, 0.15) is 11.8 Å². The van der Waals surface area contributed by atoms with Crippen LogP contribution in [-0.4, -0.2) is 27.8 Å². The number of thiophene rings is 1. The van der Waals surface area contributed by atoms with Crippen LogP contribution >= 0.6 is 23.1 Å². The van der Waals surface area contributed by atoms with Gasteiger partial charge in [-0.2, -0.15) is 0 Å². The molecule has 5 nitrogen and oxygen atoms in total. The SMILES string of the molecule is CCNC(=O)CSc1nc2sc(C)c(-c3ccc(F)cc3)c2c(=O)n1-c1ccccc1. The third kappa shape index (κ3) is 4.26. The summed E-state index contributed by atoms with van der Waals surface area (Å²) < 4.78 is 15.0. The normalized spacial score (nSPS) is 11.1. The maximum atomic E-state index is 13.7. The van der Waals surface area contributed by atoms with E-state index >= 15 is 0 Å². The zero-order chi connectivity index (χ0) is 22.0. The maximum Gasteiger partial charge on any atom is 0.268 e. The van der Waals surface area contributed by atoms with Gasteiger partial charge < -0.3 is 5.32 Å². The number of halogens is 1. The van der Waals surface area contributed by atoms with Crippen molar-refractivity contribution in [3.63, 3.8) is 0 Å². The van der Waals surface area contributed by atoms with E-state index < -0.39 is 0 Å². The minimum Gasteiger partial charge on any atom is -0.356 e. The Bertz CT molecular complexity index is 1300. The molecule has 1 N–H and O–H groups in total. The van der Waals surface area contributed by atoms with E-state index in [2.05, 4.69) is 5.32 Å². The molecule has 8 heteroatoms. The van der Waals surface area contributed by atoms with Crippen molar-refractivity contribution in [2.24, 2.45) is 0 Å². The number of fused-ring (bicyclic) bond motifs is 1. The predicted octanol–water partition coefficient (Wildman–Crippen LogP) is 4.79. The molecule has 0 spiro atoms. The fraction of sp³-hybridized carbons (Fsp3) is 0.174. The highest BCUT2D eigenvalue weighted by Crippen LogP contribution is 2.37. The largest absolute Gasteiger partial charge is 0.356 e. The van der Waals surface area contributed by atoms with Gasteiger partial charge in [0, 0.05) is 17.0 Å². The van der Waals surface area contributed by atoms with Crippen molar-refractivity contribution in [1.29, 1.82) is 0 Å². The molecule has 0 fully saturated rings. The first kappa shape index (κ1) is 21.3. The number of hydrogen-bond donors (Lipinski definition) is 1. The van der Waals surface area contributed by atoms with Gasteiger partial charge in [-0.3, -0.25) is 14.2 Å². The van der Waals surface area contributed by atoms with Crippen molar-refractivity contribution in [1.82, 2.24) is 14.9 Å². The Morgan fingerprint density at radius 2 is 1.87 bits per heavy atom. The van der Waals surface area contributed by atoms with Gasteiger partial charge in [-0.05, 0) is 43.7 Å². The second-order valence-electron chi connectivity index (χ2n) is 6.83. The van der Waals surface area contributed by atoms with Gasteiger partial charge in [0.15, 0.2) is 5.16 Å². The molecule has 0 radical (unpaired) electrons. The van der Waals surface area contributed by atoms with Crippen LogP contribution < -0.4 is 10.9 Å². The summed E-state index contributed by atoms with van der Waals surface area (Å²) in [5.74, 6) is -0.283. The van der Waals surface area contributed by atoms with Gasteiger partial charge >= 0.3 is 0 Å². The third-order valence-corrected chi connectivity index (χ3v) is 6.66. The number of nitrogens with zero attached hydrogens (tertiary/aromatic N) is 2. The molecule has 4 rings (SSSR count). The van der Waals surface area contributed by atoms with Crippen LogP contribution in [0.5, 0.6) is 0 Å². The number of para-hydroxylation sites is 1. The first-order valence-corrected chi connectivity index (χ1v) is 11.6. The average Bonchev–Trinajstić information content (AvgIpc) is 3.10. The molecular formula is C23H20FN3O2S2. The molecule has 1 amide bonds. The maximum absolute atomic E-state index is 13.7.